The summed E-state index contributed by atoms with van der Waals surface area (Å²) >= 11 is 0. The van der Waals surface area contributed by atoms with Crippen LogP contribution in [0.1, 0.15) is 194 Å². The maximum Gasteiger partial charge on any atom is 0.472 e. The number of esters is 2. The molecule has 0 aliphatic carbocycles. The van der Waals surface area contributed by atoms with Crippen molar-refractivity contribution in [2.75, 3.05) is 39.6 Å². The summed E-state index contributed by atoms with van der Waals surface area (Å²) in [5.41, 5.74) is 0. The van der Waals surface area contributed by atoms with Crippen molar-refractivity contribution < 1.29 is 71.4 Å². The minimum absolute atomic E-state index is 0.171. The molecule has 426 valence electrons. The van der Waals surface area contributed by atoms with E-state index in [0.717, 1.165) is 103 Å². The molecule has 0 rings (SSSR count). The highest BCUT2D eigenvalue weighted by Gasteiger charge is 2.28. The molecule has 4 atom stereocenters. The van der Waals surface area contributed by atoms with Gasteiger partial charge in [0.2, 0.25) is 0 Å². The third-order valence-electron chi connectivity index (χ3n) is 11.0. The lowest BCUT2D eigenvalue weighted by Gasteiger charge is -2.19. The smallest absolute Gasteiger partial charge is 0.463 e. The summed E-state index contributed by atoms with van der Waals surface area (Å²) < 4.78 is 53.2. The molecule has 4 unspecified atom stereocenters. The van der Waals surface area contributed by atoms with Gasteiger partial charge < -0.3 is 34.6 Å². The first kappa shape index (κ1) is 71.0. The van der Waals surface area contributed by atoms with Crippen LogP contribution >= 0.6 is 15.6 Å². The summed E-state index contributed by atoms with van der Waals surface area (Å²) in [7, 11) is -9.61. The minimum atomic E-state index is -4.80. The first-order chi connectivity index (χ1) is 35.8. The molecule has 0 aromatic rings. The maximum absolute atomic E-state index is 12.2. The number of rotatable bonds is 52. The largest absolute Gasteiger partial charge is 0.472 e. The summed E-state index contributed by atoms with van der Waals surface area (Å²) in [5.74, 6) is -1.03. The molecule has 15 nitrogen and oxygen atoms in total. The van der Waals surface area contributed by atoms with Crippen LogP contribution < -0.4 is 0 Å². The second kappa shape index (κ2) is 52.0. The highest BCUT2D eigenvalue weighted by molar-refractivity contribution is 7.47. The number of phosphoric acid groups is 2. The van der Waals surface area contributed by atoms with Gasteiger partial charge in [0, 0.05) is 12.8 Å². The highest BCUT2D eigenvalue weighted by Crippen LogP contribution is 2.45. The van der Waals surface area contributed by atoms with Crippen LogP contribution in [0.25, 0.3) is 0 Å². The number of aliphatic hydroxyl groups is 3. The first-order valence-electron chi connectivity index (χ1n) is 27.6. The Labute approximate surface area is 446 Å². The molecule has 0 saturated carbocycles. The second-order valence-corrected chi connectivity index (χ2v) is 21.1. The molecule has 0 bridgehead atoms. The van der Waals surface area contributed by atoms with Crippen molar-refractivity contribution in [2.24, 2.45) is 0 Å². The van der Waals surface area contributed by atoms with E-state index in [1.807, 2.05) is 0 Å². The molecule has 0 heterocycles. The molecule has 0 aliphatic rings. The van der Waals surface area contributed by atoms with E-state index in [0.29, 0.717) is 12.8 Å². The van der Waals surface area contributed by atoms with Crippen LogP contribution in [-0.2, 0) is 46.3 Å². The van der Waals surface area contributed by atoms with Gasteiger partial charge >= 0.3 is 27.6 Å². The SMILES string of the molecule is CCCCC/C=C\C/C=C\C/C=C\C/C=C\CCCCCCCC(=O)OCC(O)COP(=O)(O)OCC(O)COP(=O)(O)OCC(O)COC(=O)CCCCCCC/C=C\C/C=C\C/C=C\C/C=C\CCCCC. The van der Waals surface area contributed by atoms with Gasteiger partial charge in [0.05, 0.1) is 26.4 Å². The van der Waals surface area contributed by atoms with E-state index >= 15 is 0 Å². The molecule has 0 saturated heterocycles. The first-order valence-corrected chi connectivity index (χ1v) is 30.6. The quantitative estimate of drug-likeness (QED) is 0.0165. The van der Waals surface area contributed by atoms with Crippen molar-refractivity contribution >= 4 is 27.6 Å². The van der Waals surface area contributed by atoms with E-state index in [4.69, 9.17) is 18.5 Å². The Bertz CT molecular complexity index is 1570. The Morgan fingerprint density at radius 3 is 0.865 bits per heavy atom. The Kier molecular flexibility index (Phi) is 49.9. The van der Waals surface area contributed by atoms with Gasteiger partial charge in [0.15, 0.2) is 0 Å². The fourth-order valence-electron chi connectivity index (χ4n) is 6.71. The van der Waals surface area contributed by atoms with Gasteiger partial charge in [-0.15, -0.1) is 0 Å². The van der Waals surface area contributed by atoms with Gasteiger partial charge in [0.25, 0.3) is 0 Å². The van der Waals surface area contributed by atoms with Crippen LogP contribution in [0.5, 0.6) is 0 Å². The van der Waals surface area contributed by atoms with E-state index in [-0.39, 0.29) is 12.8 Å². The number of aliphatic hydroxyl groups excluding tert-OH is 3. The van der Waals surface area contributed by atoms with Gasteiger partial charge in [-0.25, -0.2) is 9.13 Å². The van der Waals surface area contributed by atoms with Crippen molar-refractivity contribution in [3.63, 3.8) is 0 Å². The van der Waals surface area contributed by atoms with E-state index in [2.05, 4.69) is 120 Å². The van der Waals surface area contributed by atoms with E-state index in [9.17, 15) is 43.8 Å². The Morgan fingerprint density at radius 1 is 0.351 bits per heavy atom. The molecule has 0 aromatic heterocycles. The molecule has 0 amide bonds. The molecule has 17 heteroatoms. The van der Waals surface area contributed by atoms with E-state index < -0.39 is 85.5 Å². The fraction of sp³-hybridized carbons (Fsp3) is 0.684. The summed E-state index contributed by atoms with van der Waals surface area (Å²) in [6, 6.07) is 0. The van der Waals surface area contributed by atoms with E-state index in [1.165, 1.54) is 51.4 Å². The third-order valence-corrected chi connectivity index (χ3v) is 12.9. The molecule has 0 fully saturated rings. The van der Waals surface area contributed by atoms with Crippen molar-refractivity contribution in [1.82, 2.24) is 0 Å². The molecule has 5 N–H and O–H groups in total. The summed E-state index contributed by atoms with van der Waals surface area (Å²) in [4.78, 5) is 43.9. The average Bonchev–Trinajstić information content (AvgIpc) is 3.38. The van der Waals surface area contributed by atoms with Crippen LogP contribution in [-0.4, -0.2) is 95.0 Å². The van der Waals surface area contributed by atoms with Crippen LogP contribution in [0.15, 0.2) is 97.2 Å². The predicted molar refractivity (Wildman–Crippen MR) is 297 cm³/mol. The summed E-state index contributed by atoms with van der Waals surface area (Å²) in [6.45, 7) is 0.318. The topological polar surface area (TPSA) is 225 Å². The zero-order valence-electron chi connectivity index (χ0n) is 45.2. The van der Waals surface area contributed by atoms with Gasteiger partial charge in [-0.1, -0.05) is 175 Å². The summed E-state index contributed by atoms with van der Waals surface area (Å²) in [6.07, 6.45) is 58.0. The molecule has 0 spiro atoms. The fourth-order valence-corrected chi connectivity index (χ4v) is 8.30. The number of ether oxygens (including phenoxy) is 2. The number of carbonyl (C=O) groups excluding carboxylic acids is 2. The Balaban J connectivity index is 3.90. The lowest BCUT2D eigenvalue weighted by molar-refractivity contribution is -0.148. The molecular formula is C57H98O15P2. The third kappa shape index (κ3) is 53.8. The number of unbranched alkanes of at least 4 members (excludes halogenated alkanes) is 16. The Hall–Kier alpha value is -3.04. The lowest BCUT2D eigenvalue weighted by Crippen LogP contribution is -2.25. The molecule has 74 heavy (non-hydrogen) atoms. The molecule has 0 aliphatic heterocycles. The standard InChI is InChI=1S/C57H98O15P2/c1-3-5-7-9-11-13-15-17-19-21-23-25-27-29-31-33-35-37-39-41-43-45-56(61)67-47-53(58)49-69-73(63,64)71-51-55(60)52-72-74(65,66)70-50-54(59)48-68-57(62)46-44-42-40-38-36-34-32-30-28-26-24-22-20-18-16-14-12-10-8-6-4-2/h11-14,17-20,23-26,29-32,53-55,58-60H,3-10,15-16,21-22,27-28,33-52H2,1-2H3,(H,63,64)(H,65,66)/b13-11-,14-12-,19-17-,20-18-,25-23-,26-24-,31-29-,32-30-. The maximum atomic E-state index is 12.2. The van der Waals surface area contributed by atoms with Crippen molar-refractivity contribution in [1.29, 1.82) is 0 Å². The van der Waals surface area contributed by atoms with Crippen molar-refractivity contribution in [3.8, 4) is 0 Å². The number of phosphoric ester groups is 2. The summed E-state index contributed by atoms with van der Waals surface area (Å²) in [5, 5.41) is 30.1. The average molecular weight is 1090 g/mol. The Morgan fingerprint density at radius 2 is 0.581 bits per heavy atom. The minimum Gasteiger partial charge on any atom is -0.463 e. The van der Waals surface area contributed by atoms with Crippen LogP contribution in [0.2, 0.25) is 0 Å². The zero-order valence-corrected chi connectivity index (χ0v) is 47.0. The number of hydrogen-bond donors (Lipinski definition) is 5. The van der Waals surface area contributed by atoms with Crippen molar-refractivity contribution in [2.45, 2.75) is 212 Å². The lowest BCUT2D eigenvalue weighted by atomic mass is 10.1. The van der Waals surface area contributed by atoms with E-state index in [1.54, 1.807) is 0 Å². The van der Waals surface area contributed by atoms with Gasteiger partial charge in [-0.3, -0.25) is 27.7 Å². The molecular weight excluding hydrogens is 987 g/mol. The number of carbonyl (C=O) groups is 2. The number of allylic oxidation sites excluding steroid dienone is 16. The van der Waals surface area contributed by atoms with Crippen LogP contribution in [0, 0.1) is 0 Å². The highest BCUT2D eigenvalue weighted by atomic mass is 31.2. The van der Waals surface area contributed by atoms with Crippen LogP contribution in [0.4, 0.5) is 0 Å². The second-order valence-electron chi connectivity index (χ2n) is 18.2. The van der Waals surface area contributed by atoms with Gasteiger partial charge in [-0.05, 0) is 103 Å². The van der Waals surface area contributed by atoms with Crippen molar-refractivity contribution in [3.05, 3.63) is 97.2 Å². The zero-order chi connectivity index (χ0) is 54.5. The molecule has 0 radical (unpaired) electrons. The van der Waals surface area contributed by atoms with Crippen LogP contribution in [0.3, 0.4) is 0 Å². The monoisotopic (exact) mass is 1080 g/mol. The van der Waals surface area contributed by atoms with Gasteiger partial charge in [-0.2, -0.15) is 0 Å². The van der Waals surface area contributed by atoms with Gasteiger partial charge in [0.1, 0.15) is 31.5 Å². The molecule has 0 aromatic carbocycles. The number of hydrogen-bond acceptors (Lipinski definition) is 13. The predicted octanol–water partition coefficient (Wildman–Crippen LogP) is 13.8. The normalized spacial score (nSPS) is 15.5.